The Labute approximate surface area is 176 Å². The molecular weight excluding hydrogens is 376 g/mol. The molecule has 1 amide bonds. The highest BCUT2D eigenvalue weighted by atomic mass is 16.1. The molecule has 2 heterocycles. The van der Waals surface area contributed by atoms with Crippen molar-refractivity contribution < 1.29 is 9.59 Å². The summed E-state index contributed by atoms with van der Waals surface area (Å²) in [5.74, 6) is 0.576. The van der Waals surface area contributed by atoms with Crippen LogP contribution in [0, 0.1) is 5.41 Å². The fourth-order valence-electron chi connectivity index (χ4n) is 3.92. The second-order valence-electron chi connectivity index (χ2n) is 8.55. The fraction of sp³-hybridized carbons (Fsp3) is 0.333. The molecule has 154 valence electrons. The summed E-state index contributed by atoms with van der Waals surface area (Å²) in [5, 5.41) is 7.66. The number of aromatic nitrogens is 3. The number of benzene rings is 1. The van der Waals surface area contributed by atoms with Crippen LogP contribution in [0.3, 0.4) is 0 Å². The van der Waals surface area contributed by atoms with Crippen LogP contribution in [0.2, 0.25) is 0 Å². The lowest BCUT2D eigenvalue weighted by molar-refractivity contribution is 0.0910. The average Bonchev–Trinajstić information content (AvgIpc) is 3.11. The van der Waals surface area contributed by atoms with Crippen LogP contribution < -0.4 is 5.32 Å². The maximum Gasteiger partial charge on any atom is 0.252 e. The number of nitrogens with zero attached hydrogens (tertiary/aromatic N) is 3. The average molecular weight is 402 g/mol. The molecule has 0 fully saturated rings. The summed E-state index contributed by atoms with van der Waals surface area (Å²) in [6, 6.07) is 13.3. The molecule has 2 aromatic heterocycles. The summed E-state index contributed by atoms with van der Waals surface area (Å²) in [5.41, 5.74) is 3.54. The van der Waals surface area contributed by atoms with Gasteiger partial charge in [-0.1, -0.05) is 51.1 Å². The van der Waals surface area contributed by atoms with E-state index in [0.717, 1.165) is 24.1 Å². The number of rotatable bonds is 5. The van der Waals surface area contributed by atoms with Gasteiger partial charge in [-0.05, 0) is 30.4 Å². The summed E-state index contributed by atoms with van der Waals surface area (Å²) in [7, 11) is 0. The van der Waals surface area contributed by atoms with E-state index in [0.29, 0.717) is 35.6 Å². The quantitative estimate of drug-likeness (QED) is 0.693. The van der Waals surface area contributed by atoms with Gasteiger partial charge in [0.05, 0.1) is 16.8 Å². The van der Waals surface area contributed by atoms with Gasteiger partial charge in [-0.25, -0.2) is 9.67 Å². The predicted octanol–water partition coefficient (Wildman–Crippen LogP) is 4.23. The summed E-state index contributed by atoms with van der Waals surface area (Å²) >= 11 is 0. The Morgan fingerprint density at radius 2 is 1.90 bits per heavy atom. The molecule has 0 unspecified atom stereocenters. The number of carbonyl (C=O) groups is 2. The summed E-state index contributed by atoms with van der Waals surface area (Å²) in [6.45, 7) is 6.84. The van der Waals surface area contributed by atoms with Crippen LogP contribution >= 0.6 is 0 Å². The normalized spacial score (nSPS) is 15.0. The number of carbonyl (C=O) groups excluding carboxylic acids is 2. The number of hydrogen-bond donors (Lipinski definition) is 1. The highest BCUT2D eigenvalue weighted by Gasteiger charge is 2.37. The highest BCUT2D eigenvalue weighted by molar-refractivity contribution is 6.04. The molecule has 30 heavy (non-hydrogen) atoms. The van der Waals surface area contributed by atoms with E-state index in [1.54, 1.807) is 23.0 Å². The van der Waals surface area contributed by atoms with Crippen molar-refractivity contribution >= 4 is 11.7 Å². The van der Waals surface area contributed by atoms with Crippen LogP contribution in [-0.4, -0.2) is 33.0 Å². The fourth-order valence-corrected chi connectivity index (χ4v) is 3.92. The molecular formula is C24H26N4O2. The molecule has 0 spiro atoms. The molecule has 0 radical (unpaired) electrons. The third-order valence-electron chi connectivity index (χ3n) is 5.35. The first-order valence-electron chi connectivity index (χ1n) is 10.3. The molecule has 0 saturated carbocycles. The second kappa shape index (κ2) is 7.86. The third-order valence-corrected chi connectivity index (χ3v) is 5.35. The van der Waals surface area contributed by atoms with Gasteiger partial charge in [0, 0.05) is 24.7 Å². The van der Waals surface area contributed by atoms with E-state index in [4.69, 9.17) is 5.10 Å². The van der Waals surface area contributed by atoms with Gasteiger partial charge in [-0.15, -0.1) is 0 Å². The first-order valence-corrected chi connectivity index (χ1v) is 10.3. The number of fused-ring (bicyclic) bond motifs is 1. The lowest BCUT2D eigenvalue weighted by Gasteiger charge is -2.29. The molecule has 6 heteroatoms. The second-order valence-corrected chi connectivity index (χ2v) is 8.55. The van der Waals surface area contributed by atoms with Crippen molar-refractivity contribution in [3.63, 3.8) is 0 Å². The minimum absolute atomic E-state index is 0.113. The minimum atomic E-state index is -0.143. The number of pyridine rings is 1. The SMILES string of the molecule is CCCNC(=O)c1ccc(-n2nc(-c3ccccc3)c3c2CC(C)(C)CC3=O)nc1. The van der Waals surface area contributed by atoms with E-state index in [9.17, 15) is 9.59 Å². The van der Waals surface area contributed by atoms with Crippen molar-refractivity contribution in [1.82, 2.24) is 20.1 Å². The van der Waals surface area contributed by atoms with Gasteiger partial charge in [-0.3, -0.25) is 9.59 Å². The highest BCUT2D eigenvalue weighted by Crippen LogP contribution is 2.39. The van der Waals surface area contributed by atoms with Crippen molar-refractivity contribution in [3.05, 3.63) is 65.5 Å². The van der Waals surface area contributed by atoms with Gasteiger partial charge >= 0.3 is 0 Å². The first kappa shape index (κ1) is 20.0. The predicted molar refractivity (Wildman–Crippen MR) is 116 cm³/mol. The molecule has 1 aliphatic carbocycles. The zero-order valence-corrected chi connectivity index (χ0v) is 17.6. The van der Waals surface area contributed by atoms with E-state index >= 15 is 0 Å². The molecule has 6 nitrogen and oxygen atoms in total. The van der Waals surface area contributed by atoms with E-state index in [1.165, 1.54) is 0 Å². The summed E-state index contributed by atoms with van der Waals surface area (Å²) in [6.07, 6.45) is 3.67. The molecule has 1 N–H and O–H groups in total. The molecule has 3 aromatic rings. The van der Waals surface area contributed by atoms with E-state index < -0.39 is 0 Å². The Hall–Kier alpha value is -3.28. The monoisotopic (exact) mass is 402 g/mol. The van der Waals surface area contributed by atoms with Crippen LogP contribution in [0.15, 0.2) is 48.7 Å². The van der Waals surface area contributed by atoms with Crippen LogP contribution in [-0.2, 0) is 6.42 Å². The van der Waals surface area contributed by atoms with E-state index in [1.807, 2.05) is 37.3 Å². The third kappa shape index (κ3) is 3.77. The van der Waals surface area contributed by atoms with Crippen molar-refractivity contribution in [2.24, 2.45) is 5.41 Å². The van der Waals surface area contributed by atoms with Gasteiger partial charge in [0.15, 0.2) is 11.6 Å². The molecule has 0 bridgehead atoms. The summed E-state index contributed by atoms with van der Waals surface area (Å²) in [4.78, 5) is 29.7. The number of nitrogens with one attached hydrogen (secondary N) is 1. The smallest absolute Gasteiger partial charge is 0.252 e. The Kier molecular flexibility index (Phi) is 5.24. The van der Waals surface area contributed by atoms with E-state index in [-0.39, 0.29) is 17.1 Å². The molecule has 0 aliphatic heterocycles. The topological polar surface area (TPSA) is 76.9 Å². The van der Waals surface area contributed by atoms with Crippen molar-refractivity contribution in [1.29, 1.82) is 0 Å². The molecule has 4 rings (SSSR count). The maximum atomic E-state index is 13.1. The Bertz CT molecular complexity index is 1080. The standard InChI is InChI=1S/C24H26N4O2/c1-4-12-25-23(30)17-10-11-20(26-15-17)28-18-13-24(2,3)14-19(29)21(18)22(27-28)16-8-6-5-7-9-16/h5-11,15H,4,12-14H2,1-3H3,(H,25,30). The number of Topliss-reactive ketones (excluding diaryl/α,β-unsaturated/α-hetero) is 1. The van der Waals surface area contributed by atoms with Crippen molar-refractivity contribution in [3.8, 4) is 17.1 Å². The maximum absolute atomic E-state index is 13.1. The number of ketones is 1. The van der Waals surface area contributed by atoms with Crippen LogP contribution in [0.5, 0.6) is 0 Å². The molecule has 0 atom stereocenters. The lowest BCUT2D eigenvalue weighted by atomic mass is 9.75. The van der Waals surface area contributed by atoms with E-state index in [2.05, 4.69) is 24.1 Å². The van der Waals surface area contributed by atoms with Crippen molar-refractivity contribution in [2.45, 2.75) is 40.0 Å². The van der Waals surface area contributed by atoms with Gasteiger partial charge in [0.25, 0.3) is 5.91 Å². The lowest BCUT2D eigenvalue weighted by Crippen LogP contribution is -2.28. The zero-order chi connectivity index (χ0) is 21.3. The molecule has 1 aromatic carbocycles. The number of amides is 1. The van der Waals surface area contributed by atoms with Gasteiger partial charge in [0.1, 0.15) is 5.69 Å². The minimum Gasteiger partial charge on any atom is -0.352 e. The largest absolute Gasteiger partial charge is 0.352 e. The van der Waals surface area contributed by atoms with Gasteiger partial charge < -0.3 is 5.32 Å². The Morgan fingerprint density at radius 1 is 1.13 bits per heavy atom. The van der Waals surface area contributed by atoms with Crippen molar-refractivity contribution in [2.75, 3.05) is 6.54 Å². The number of hydrogen-bond acceptors (Lipinski definition) is 4. The first-order chi connectivity index (χ1) is 14.4. The Balaban J connectivity index is 1.79. The van der Waals surface area contributed by atoms with Crippen LogP contribution in [0.25, 0.3) is 17.1 Å². The summed E-state index contributed by atoms with van der Waals surface area (Å²) < 4.78 is 1.77. The zero-order valence-electron chi connectivity index (χ0n) is 17.6. The van der Waals surface area contributed by atoms with Crippen LogP contribution in [0.4, 0.5) is 0 Å². The Morgan fingerprint density at radius 3 is 2.57 bits per heavy atom. The van der Waals surface area contributed by atoms with Crippen LogP contribution in [0.1, 0.15) is 60.0 Å². The molecule has 0 saturated heterocycles. The van der Waals surface area contributed by atoms with Gasteiger partial charge in [-0.2, -0.15) is 5.10 Å². The van der Waals surface area contributed by atoms with Gasteiger partial charge in [0.2, 0.25) is 0 Å². The molecule has 1 aliphatic rings.